The number of aliphatic imine (C=N–C) groups is 1. The van der Waals surface area contributed by atoms with Gasteiger partial charge in [0, 0.05) is 23.9 Å². The van der Waals surface area contributed by atoms with Crippen molar-refractivity contribution in [1.82, 2.24) is 0 Å². The van der Waals surface area contributed by atoms with Gasteiger partial charge in [-0.05, 0) is 18.4 Å². The average molecular weight is 271 g/mol. The number of benzene rings is 1. The molecule has 17 heavy (non-hydrogen) atoms. The van der Waals surface area contributed by atoms with Crippen LogP contribution in [0.3, 0.4) is 0 Å². The molecule has 0 amide bonds. The van der Waals surface area contributed by atoms with Crippen molar-refractivity contribution in [1.29, 1.82) is 5.26 Å². The van der Waals surface area contributed by atoms with E-state index in [4.69, 9.17) is 17.0 Å². The molecule has 6 nitrogen and oxygen atoms in total. The molecule has 0 unspecified atom stereocenters. The van der Waals surface area contributed by atoms with Crippen molar-refractivity contribution in [3.05, 3.63) is 34.4 Å². The van der Waals surface area contributed by atoms with Gasteiger partial charge in [0.15, 0.2) is 5.17 Å². The molecular weight excluding hydrogens is 264 g/mol. The molecule has 0 radical (unpaired) electrons. The molecule has 0 saturated carbocycles. The van der Waals surface area contributed by atoms with Crippen LogP contribution in [0.4, 0.5) is 11.4 Å². The predicted octanol–water partition coefficient (Wildman–Crippen LogP) is 2.76. The van der Waals surface area contributed by atoms with Crippen LogP contribution >= 0.6 is 23.5 Å². The second-order valence-corrected chi connectivity index (χ2v) is 3.86. The summed E-state index contributed by atoms with van der Waals surface area (Å²) in [5.74, 6) is 0. The highest BCUT2D eigenvalue weighted by Crippen LogP contribution is 2.23. The quantitative estimate of drug-likeness (QED) is 0.206. The van der Waals surface area contributed by atoms with E-state index >= 15 is 0 Å². The Kier molecular flexibility index (Phi) is 4.75. The molecule has 0 aromatic heterocycles. The van der Waals surface area contributed by atoms with Crippen molar-refractivity contribution in [2.45, 2.75) is 0 Å². The third kappa shape index (κ3) is 3.34. The van der Waals surface area contributed by atoms with Gasteiger partial charge in [0.05, 0.1) is 10.6 Å². The zero-order valence-corrected chi connectivity index (χ0v) is 10.3. The van der Waals surface area contributed by atoms with Crippen LogP contribution in [0.1, 0.15) is 0 Å². The summed E-state index contributed by atoms with van der Waals surface area (Å²) in [7, 11) is 0. The van der Waals surface area contributed by atoms with E-state index in [1.807, 2.05) is 0 Å². The maximum Gasteiger partial charge on any atom is 0.269 e. The number of nitro benzene ring substituents is 1. The molecule has 0 aliphatic heterocycles. The Bertz CT molecular complexity index is 483. The molecule has 0 bridgehead atoms. The molecule has 0 aliphatic carbocycles. The molecule has 0 heterocycles. The number of anilines is 1. The van der Waals surface area contributed by atoms with Crippen LogP contribution in [-0.2, 0) is 0 Å². The number of hydrogen-bond donors (Lipinski definition) is 0. The smallest absolute Gasteiger partial charge is 0.258 e. The number of nitro groups is 1. The van der Waals surface area contributed by atoms with Crippen LogP contribution in [0, 0.1) is 21.6 Å². The van der Waals surface area contributed by atoms with Gasteiger partial charge in [0.1, 0.15) is 0 Å². The fourth-order valence-electron chi connectivity index (χ4n) is 1.03. The number of nitrogens with zero attached hydrogens (tertiary/aromatic N) is 4. The Labute approximate surface area is 107 Å². The number of nitriles is 1. The molecule has 1 aromatic carbocycles. The number of rotatable bonds is 2. The van der Waals surface area contributed by atoms with E-state index in [0.29, 0.717) is 10.9 Å². The highest BCUT2D eigenvalue weighted by atomic mass is 35.5. The molecule has 0 saturated heterocycles. The topological polar surface area (TPSA) is 82.5 Å². The molecule has 0 fully saturated rings. The first-order valence-electron chi connectivity index (χ1n) is 4.31. The minimum absolute atomic E-state index is 0.0262. The molecule has 1 aromatic rings. The highest BCUT2D eigenvalue weighted by molar-refractivity contribution is 8.13. The van der Waals surface area contributed by atoms with Crippen LogP contribution in [0.15, 0.2) is 29.3 Å². The lowest BCUT2D eigenvalue weighted by Crippen LogP contribution is -2.16. The van der Waals surface area contributed by atoms with Gasteiger partial charge in [-0.3, -0.25) is 10.1 Å². The third-order valence-electron chi connectivity index (χ3n) is 1.78. The predicted molar refractivity (Wildman–Crippen MR) is 68.0 cm³/mol. The van der Waals surface area contributed by atoms with Gasteiger partial charge in [-0.1, -0.05) is 11.8 Å². The second kappa shape index (κ2) is 6.08. The fourth-order valence-corrected chi connectivity index (χ4v) is 1.78. The molecule has 0 N–H and O–H groups in total. The van der Waals surface area contributed by atoms with Crippen LogP contribution in [-0.4, -0.2) is 16.3 Å². The highest BCUT2D eigenvalue weighted by Gasteiger charge is 2.12. The maximum atomic E-state index is 10.5. The number of hydrogen-bond acceptors (Lipinski definition) is 5. The lowest BCUT2D eigenvalue weighted by atomic mass is 10.3. The van der Waals surface area contributed by atoms with Crippen molar-refractivity contribution in [2.75, 3.05) is 10.7 Å². The molecule has 0 aliphatic rings. The van der Waals surface area contributed by atoms with Crippen molar-refractivity contribution in [2.24, 2.45) is 4.99 Å². The van der Waals surface area contributed by atoms with E-state index in [-0.39, 0.29) is 5.69 Å². The van der Waals surface area contributed by atoms with Crippen molar-refractivity contribution in [3.8, 4) is 6.19 Å². The van der Waals surface area contributed by atoms with Crippen LogP contribution < -0.4 is 4.42 Å². The van der Waals surface area contributed by atoms with Crippen LogP contribution in [0.2, 0.25) is 0 Å². The number of amidine groups is 1. The number of thioether (sulfide) groups is 1. The Morgan fingerprint density at radius 1 is 1.59 bits per heavy atom. The van der Waals surface area contributed by atoms with Crippen LogP contribution in [0.25, 0.3) is 0 Å². The van der Waals surface area contributed by atoms with E-state index in [0.717, 1.165) is 4.42 Å². The van der Waals surface area contributed by atoms with Gasteiger partial charge in [-0.15, -0.1) is 4.99 Å². The van der Waals surface area contributed by atoms with Crippen molar-refractivity contribution < 1.29 is 4.92 Å². The van der Waals surface area contributed by atoms with Gasteiger partial charge in [0.2, 0.25) is 6.19 Å². The summed E-state index contributed by atoms with van der Waals surface area (Å²) < 4.78 is 1.16. The molecule has 0 spiro atoms. The summed E-state index contributed by atoms with van der Waals surface area (Å²) in [4.78, 5) is 13.5. The monoisotopic (exact) mass is 270 g/mol. The van der Waals surface area contributed by atoms with E-state index in [1.165, 1.54) is 36.0 Å². The maximum absolute atomic E-state index is 10.5. The molecular formula is C9H7ClN4O2S. The summed E-state index contributed by atoms with van der Waals surface area (Å²) in [5.41, 5.74) is 0.474. The molecule has 0 atom stereocenters. The SMILES string of the molecule is CSC(=NC#N)N(Cl)c1ccc([N+](=O)[O-])cc1. The lowest BCUT2D eigenvalue weighted by molar-refractivity contribution is -0.384. The molecule has 1 rings (SSSR count). The molecule has 8 heteroatoms. The van der Waals surface area contributed by atoms with E-state index in [9.17, 15) is 10.1 Å². The van der Waals surface area contributed by atoms with E-state index in [2.05, 4.69) is 4.99 Å². The number of halogens is 1. The first kappa shape index (κ1) is 13.3. The van der Waals surface area contributed by atoms with E-state index in [1.54, 1.807) is 12.4 Å². The van der Waals surface area contributed by atoms with Gasteiger partial charge >= 0.3 is 0 Å². The minimum atomic E-state index is -0.499. The standard InChI is InChI=1S/C9H7ClN4O2S/c1-17-9(12-6-11)13(10)7-2-4-8(5-3-7)14(15)16/h2-5H,1H3. The average Bonchev–Trinajstić information content (AvgIpc) is 2.35. The Balaban J connectivity index is 2.97. The second-order valence-electron chi connectivity index (χ2n) is 2.75. The van der Waals surface area contributed by atoms with E-state index < -0.39 is 4.92 Å². The van der Waals surface area contributed by atoms with Crippen molar-refractivity contribution in [3.63, 3.8) is 0 Å². The third-order valence-corrected chi connectivity index (χ3v) is 2.88. The molecule has 88 valence electrons. The Hall–Kier alpha value is -1.78. The van der Waals surface area contributed by atoms with Gasteiger partial charge in [-0.25, -0.2) is 4.42 Å². The van der Waals surface area contributed by atoms with Crippen LogP contribution in [0.5, 0.6) is 0 Å². The lowest BCUT2D eigenvalue weighted by Gasteiger charge is -2.14. The zero-order valence-electron chi connectivity index (χ0n) is 8.70. The first-order valence-corrected chi connectivity index (χ1v) is 5.87. The minimum Gasteiger partial charge on any atom is -0.258 e. The largest absolute Gasteiger partial charge is 0.269 e. The Morgan fingerprint density at radius 3 is 2.59 bits per heavy atom. The Morgan fingerprint density at radius 2 is 2.18 bits per heavy atom. The first-order chi connectivity index (χ1) is 8.10. The fraction of sp³-hybridized carbons (Fsp3) is 0.111. The van der Waals surface area contributed by atoms with Gasteiger partial charge in [0.25, 0.3) is 5.69 Å². The van der Waals surface area contributed by atoms with Gasteiger partial charge < -0.3 is 0 Å². The normalized spacial score (nSPS) is 10.8. The summed E-state index contributed by atoms with van der Waals surface area (Å²) in [6.07, 6.45) is 3.35. The summed E-state index contributed by atoms with van der Waals surface area (Å²) in [5, 5.41) is 19.2. The zero-order chi connectivity index (χ0) is 12.8. The summed E-state index contributed by atoms with van der Waals surface area (Å²) in [6, 6.07) is 5.62. The number of non-ortho nitro benzene ring substituents is 1. The van der Waals surface area contributed by atoms with Gasteiger partial charge in [-0.2, -0.15) is 5.26 Å². The summed E-state index contributed by atoms with van der Waals surface area (Å²) in [6.45, 7) is 0. The summed E-state index contributed by atoms with van der Waals surface area (Å²) >= 11 is 7.14. The van der Waals surface area contributed by atoms with Crippen molar-refractivity contribution >= 4 is 40.1 Å².